The highest BCUT2D eigenvalue weighted by Gasteiger charge is 2.42. The molecule has 0 aromatic heterocycles. The summed E-state index contributed by atoms with van der Waals surface area (Å²) < 4.78 is 5.54. The summed E-state index contributed by atoms with van der Waals surface area (Å²) >= 11 is 0. The van der Waals surface area contributed by atoms with Gasteiger partial charge in [-0.25, -0.2) is 4.79 Å². The SMILES string of the molecule is O=C(O)CC(NC(=O)OCC1c2ccccc2-c2ccccc21)C(=O)N1CCC2CCCC21. The summed E-state index contributed by atoms with van der Waals surface area (Å²) in [5.41, 5.74) is 4.44. The van der Waals surface area contributed by atoms with E-state index in [1.807, 2.05) is 36.4 Å². The number of carbonyl (C=O) groups excluding carboxylic acids is 2. The summed E-state index contributed by atoms with van der Waals surface area (Å²) in [5.74, 6) is -1.06. The van der Waals surface area contributed by atoms with Crippen LogP contribution in [0.2, 0.25) is 0 Å². The molecule has 1 saturated heterocycles. The molecule has 1 saturated carbocycles. The lowest BCUT2D eigenvalue weighted by atomic mass is 9.98. The molecule has 2 N–H and O–H groups in total. The van der Waals surface area contributed by atoms with Gasteiger partial charge in [0.15, 0.2) is 0 Å². The summed E-state index contributed by atoms with van der Waals surface area (Å²) in [6.45, 7) is 0.735. The Balaban J connectivity index is 1.26. The lowest BCUT2D eigenvalue weighted by molar-refractivity contribution is -0.143. The van der Waals surface area contributed by atoms with E-state index in [9.17, 15) is 19.5 Å². The van der Waals surface area contributed by atoms with Crippen LogP contribution in [-0.2, 0) is 14.3 Å². The van der Waals surface area contributed by atoms with Crippen LogP contribution in [0.4, 0.5) is 4.79 Å². The van der Waals surface area contributed by atoms with Crippen LogP contribution in [0.3, 0.4) is 0 Å². The molecule has 2 aromatic carbocycles. The van der Waals surface area contributed by atoms with Crippen LogP contribution in [0.15, 0.2) is 48.5 Å². The number of benzene rings is 2. The number of nitrogens with one attached hydrogen (secondary N) is 1. The third-order valence-corrected chi connectivity index (χ3v) is 7.36. The van der Waals surface area contributed by atoms with Gasteiger partial charge in [0.2, 0.25) is 5.91 Å². The van der Waals surface area contributed by atoms with Gasteiger partial charge in [-0.05, 0) is 47.4 Å². The fraction of sp³-hybridized carbons (Fsp3) is 0.423. The Morgan fingerprint density at radius 3 is 2.33 bits per heavy atom. The number of amides is 2. The van der Waals surface area contributed by atoms with Gasteiger partial charge in [-0.1, -0.05) is 55.0 Å². The Labute approximate surface area is 192 Å². The van der Waals surface area contributed by atoms with E-state index in [1.165, 1.54) is 0 Å². The fourth-order valence-corrected chi connectivity index (χ4v) is 5.87. The second-order valence-electron chi connectivity index (χ2n) is 9.20. The van der Waals surface area contributed by atoms with Crippen LogP contribution < -0.4 is 5.32 Å². The van der Waals surface area contributed by atoms with Crippen LogP contribution in [-0.4, -0.2) is 53.2 Å². The molecule has 2 amide bonds. The number of ether oxygens (including phenoxy) is 1. The number of hydrogen-bond donors (Lipinski definition) is 2. The molecular formula is C26H28N2O5. The fourth-order valence-electron chi connectivity index (χ4n) is 5.87. The van der Waals surface area contributed by atoms with Crippen LogP contribution in [0.5, 0.6) is 0 Å². The van der Waals surface area contributed by atoms with Gasteiger partial charge < -0.3 is 20.1 Å². The first-order chi connectivity index (χ1) is 16.0. The van der Waals surface area contributed by atoms with Crippen molar-refractivity contribution in [3.63, 3.8) is 0 Å². The number of carbonyl (C=O) groups is 3. The van der Waals surface area contributed by atoms with E-state index < -0.39 is 24.5 Å². The Morgan fingerprint density at radius 1 is 1.00 bits per heavy atom. The summed E-state index contributed by atoms with van der Waals surface area (Å²) in [4.78, 5) is 39.0. The molecule has 3 unspecified atom stereocenters. The van der Waals surface area contributed by atoms with Crippen molar-refractivity contribution in [2.45, 2.75) is 50.1 Å². The van der Waals surface area contributed by atoms with Gasteiger partial charge >= 0.3 is 12.1 Å². The highest BCUT2D eigenvalue weighted by atomic mass is 16.5. The van der Waals surface area contributed by atoms with Crippen molar-refractivity contribution in [1.29, 1.82) is 0 Å². The minimum absolute atomic E-state index is 0.102. The Bertz CT molecular complexity index is 1040. The maximum absolute atomic E-state index is 13.1. The molecule has 0 bridgehead atoms. The van der Waals surface area contributed by atoms with E-state index in [0.29, 0.717) is 12.5 Å². The maximum Gasteiger partial charge on any atom is 0.407 e. The van der Waals surface area contributed by atoms with Gasteiger partial charge in [0.1, 0.15) is 12.6 Å². The van der Waals surface area contributed by atoms with Gasteiger partial charge in [0.25, 0.3) is 0 Å². The number of likely N-dealkylation sites (tertiary alicyclic amines) is 1. The van der Waals surface area contributed by atoms with Crippen molar-refractivity contribution in [3.05, 3.63) is 59.7 Å². The van der Waals surface area contributed by atoms with Crippen molar-refractivity contribution in [3.8, 4) is 11.1 Å². The van der Waals surface area contributed by atoms with Crippen molar-refractivity contribution in [1.82, 2.24) is 10.2 Å². The first kappa shape index (κ1) is 21.5. The van der Waals surface area contributed by atoms with Crippen molar-refractivity contribution in [2.75, 3.05) is 13.2 Å². The molecule has 1 heterocycles. The molecule has 7 nitrogen and oxygen atoms in total. The Kier molecular flexibility index (Phi) is 5.79. The van der Waals surface area contributed by atoms with E-state index in [1.54, 1.807) is 4.90 Å². The number of hydrogen-bond acceptors (Lipinski definition) is 4. The van der Waals surface area contributed by atoms with Crippen LogP contribution in [0, 0.1) is 5.92 Å². The molecule has 0 spiro atoms. The molecule has 5 rings (SSSR count). The van der Waals surface area contributed by atoms with Crippen molar-refractivity contribution in [2.24, 2.45) is 5.92 Å². The molecule has 7 heteroatoms. The number of fused-ring (bicyclic) bond motifs is 4. The normalized spacial score (nSPS) is 21.8. The number of aliphatic carboxylic acids is 1. The second kappa shape index (κ2) is 8.89. The van der Waals surface area contributed by atoms with Gasteiger partial charge in [-0.3, -0.25) is 9.59 Å². The summed E-state index contributed by atoms with van der Waals surface area (Å²) in [7, 11) is 0. The minimum atomic E-state index is -1.13. The number of alkyl carbamates (subject to hydrolysis) is 1. The first-order valence-electron chi connectivity index (χ1n) is 11.7. The number of carboxylic acid groups (broad SMARTS) is 1. The number of nitrogens with zero attached hydrogens (tertiary/aromatic N) is 1. The van der Waals surface area contributed by atoms with E-state index >= 15 is 0 Å². The van der Waals surface area contributed by atoms with Gasteiger partial charge in [0, 0.05) is 18.5 Å². The second-order valence-corrected chi connectivity index (χ2v) is 9.20. The number of rotatable bonds is 6. The highest BCUT2D eigenvalue weighted by molar-refractivity contribution is 5.89. The zero-order chi connectivity index (χ0) is 22.9. The third-order valence-electron chi connectivity index (χ3n) is 7.36. The van der Waals surface area contributed by atoms with Crippen molar-refractivity contribution >= 4 is 18.0 Å². The predicted octanol–water partition coefficient (Wildman–Crippen LogP) is 3.77. The smallest absolute Gasteiger partial charge is 0.407 e. The quantitative estimate of drug-likeness (QED) is 0.701. The molecule has 2 aromatic rings. The maximum atomic E-state index is 13.1. The zero-order valence-corrected chi connectivity index (χ0v) is 18.4. The van der Waals surface area contributed by atoms with Crippen LogP contribution >= 0.6 is 0 Å². The van der Waals surface area contributed by atoms with E-state index in [4.69, 9.17) is 4.74 Å². The van der Waals surface area contributed by atoms with E-state index in [0.717, 1.165) is 47.9 Å². The molecule has 2 aliphatic carbocycles. The topological polar surface area (TPSA) is 95.9 Å². The largest absolute Gasteiger partial charge is 0.481 e. The van der Waals surface area contributed by atoms with Gasteiger partial charge in [-0.2, -0.15) is 0 Å². The zero-order valence-electron chi connectivity index (χ0n) is 18.4. The lowest BCUT2D eigenvalue weighted by Gasteiger charge is -2.28. The average Bonchev–Trinajstić information content (AvgIpc) is 3.50. The predicted molar refractivity (Wildman–Crippen MR) is 122 cm³/mol. The minimum Gasteiger partial charge on any atom is -0.481 e. The third kappa shape index (κ3) is 4.08. The molecule has 1 aliphatic heterocycles. The Hall–Kier alpha value is -3.35. The van der Waals surface area contributed by atoms with Crippen LogP contribution in [0.25, 0.3) is 11.1 Å². The molecule has 0 radical (unpaired) electrons. The van der Waals surface area contributed by atoms with Gasteiger partial charge in [0.05, 0.1) is 6.42 Å². The molecule has 3 aliphatic rings. The lowest BCUT2D eigenvalue weighted by Crippen LogP contribution is -2.51. The summed E-state index contributed by atoms with van der Waals surface area (Å²) in [6.07, 6.45) is 2.86. The highest BCUT2D eigenvalue weighted by Crippen LogP contribution is 2.44. The van der Waals surface area contributed by atoms with E-state index in [-0.39, 0.29) is 24.5 Å². The molecular weight excluding hydrogens is 420 g/mol. The molecule has 2 fully saturated rings. The Morgan fingerprint density at radius 2 is 1.67 bits per heavy atom. The van der Waals surface area contributed by atoms with Gasteiger partial charge in [-0.15, -0.1) is 0 Å². The van der Waals surface area contributed by atoms with Crippen LogP contribution in [0.1, 0.15) is 49.1 Å². The number of carboxylic acids is 1. The van der Waals surface area contributed by atoms with Crippen molar-refractivity contribution < 1.29 is 24.2 Å². The first-order valence-corrected chi connectivity index (χ1v) is 11.7. The molecule has 3 atom stereocenters. The average molecular weight is 449 g/mol. The monoisotopic (exact) mass is 448 g/mol. The molecule has 172 valence electrons. The standard InChI is InChI=1S/C26H28N2O5/c29-24(30)14-22(25(31)28-13-12-16-6-5-11-23(16)28)27-26(32)33-15-21-19-9-3-1-7-17(19)18-8-2-4-10-20(18)21/h1-4,7-10,16,21-23H,5-6,11-15H2,(H,27,32)(H,29,30). The molecule has 33 heavy (non-hydrogen) atoms. The van der Waals surface area contributed by atoms with E-state index in [2.05, 4.69) is 17.4 Å². The summed E-state index contributed by atoms with van der Waals surface area (Å²) in [6, 6.07) is 15.1. The summed E-state index contributed by atoms with van der Waals surface area (Å²) in [5, 5.41) is 11.9.